The van der Waals surface area contributed by atoms with Crippen LogP contribution in [0.5, 0.6) is 0 Å². The van der Waals surface area contributed by atoms with Crippen molar-refractivity contribution < 1.29 is 14.7 Å². The number of nitrogens with one attached hydrogen (secondary N) is 1. The summed E-state index contributed by atoms with van der Waals surface area (Å²) in [5.74, 6) is -1.58. The van der Waals surface area contributed by atoms with E-state index in [0.29, 0.717) is 11.2 Å². The number of carboxylic acid groups (broad SMARTS) is 1. The zero-order chi connectivity index (χ0) is 25.7. The van der Waals surface area contributed by atoms with Gasteiger partial charge in [0, 0.05) is 12.6 Å². The molecule has 0 aliphatic heterocycles. The van der Waals surface area contributed by atoms with Gasteiger partial charge in [0.15, 0.2) is 0 Å². The number of aliphatic carboxylic acids is 1. The molecule has 1 amide bonds. The zero-order valence-electron chi connectivity index (χ0n) is 20.0. The van der Waals surface area contributed by atoms with E-state index in [0.717, 1.165) is 22.2 Å². The molecule has 0 spiro atoms. The van der Waals surface area contributed by atoms with Gasteiger partial charge in [0.1, 0.15) is 11.5 Å². The predicted octanol–water partition coefficient (Wildman–Crippen LogP) is 4.78. The lowest BCUT2D eigenvalue weighted by Gasteiger charge is -2.35. The zero-order valence-corrected chi connectivity index (χ0v) is 20.0. The number of aromatic nitrogens is 2. The second-order valence-electron chi connectivity index (χ2n) is 8.77. The van der Waals surface area contributed by atoms with Crippen LogP contribution in [-0.4, -0.2) is 33.0 Å². The number of carbonyl (C=O) groups is 2. The Morgan fingerprint density at radius 2 is 1.16 bits per heavy atom. The summed E-state index contributed by atoms with van der Waals surface area (Å²) in [4.78, 5) is 35.7. The highest BCUT2D eigenvalue weighted by Gasteiger charge is 2.45. The number of hydrogen-bond acceptors (Lipinski definition) is 4. The second-order valence-corrected chi connectivity index (χ2v) is 8.77. The Labute approximate surface area is 214 Å². The molecule has 5 rings (SSSR count). The molecule has 182 valence electrons. The minimum atomic E-state index is -1.27. The van der Waals surface area contributed by atoms with Gasteiger partial charge < -0.3 is 10.4 Å². The Balaban J connectivity index is 1.59. The van der Waals surface area contributed by atoms with E-state index >= 15 is 0 Å². The van der Waals surface area contributed by atoms with Gasteiger partial charge in [-0.15, -0.1) is 0 Å². The van der Waals surface area contributed by atoms with Crippen LogP contribution >= 0.6 is 0 Å². The van der Waals surface area contributed by atoms with Crippen molar-refractivity contribution in [2.24, 2.45) is 0 Å². The standard InChI is InChI=1S/C31H25N3O3/c35-29(36)28(20-25-21-32-26-18-10-11-19-27(26)33-25)34-30(37)31(22-12-4-1-5-13-22,23-14-6-2-7-15-23)24-16-8-3-9-17-24/h1-19,21,28H,20H2,(H,34,37)(H,35,36)/t28-/m1/s1. The maximum Gasteiger partial charge on any atom is 0.326 e. The van der Waals surface area contributed by atoms with E-state index in [2.05, 4.69) is 15.3 Å². The normalized spacial score (nSPS) is 12.1. The van der Waals surface area contributed by atoms with E-state index < -0.39 is 23.3 Å². The Kier molecular flexibility index (Phi) is 6.72. The van der Waals surface area contributed by atoms with Crippen molar-refractivity contribution in [2.75, 3.05) is 0 Å². The molecule has 0 radical (unpaired) electrons. The minimum Gasteiger partial charge on any atom is -0.480 e. The molecule has 2 N–H and O–H groups in total. The third-order valence-corrected chi connectivity index (χ3v) is 6.48. The van der Waals surface area contributed by atoms with Crippen LogP contribution in [0.3, 0.4) is 0 Å². The van der Waals surface area contributed by atoms with Crippen LogP contribution < -0.4 is 5.32 Å². The van der Waals surface area contributed by atoms with E-state index in [1.807, 2.05) is 115 Å². The van der Waals surface area contributed by atoms with Gasteiger partial charge in [-0.1, -0.05) is 103 Å². The van der Waals surface area contributed by atoms with Gasteiger partial charge in [-0.25, -0.2) is 9.78 Å². The highest BCUT2D eigenvalue weighted by Crippen LogP contribution is 2.39. The summed E-state index contributed by atoms with van der Waals surface area (Å²) in [7, 11) is 0. The lowest BCUT2D eigenvalue weighted by Crippen LogP contribution is -2.52. The van der Waals surface area contributed by atoms with Crippen molar-refractivity contribution in [2.45, 2.75) is 17.9 Å². The smallest absolute Gasteiger partial charge is 0.326 e. The van der Waals surface area contributed by atoms with Crippen LogP contribution in [0.15, 0.2) is 121 Å². The number of carboxylic acids is 1. The monoisotopic (exact) mass is 487 g/mol. The number of para-hydroxylation sites is 2. The van der Waals surface area contributed by atoms with Gasteiger partial charge in [-0.2, -0.15) is 0 Å². The predicted molar refractivity (Wildman–Crippen MR) is 142 cm³/mol. The summed E-state index contributed by atoms with van der Waals surface area (Å²) < 4.78 is 0. The molecular formula is C31H25N3O3. The summed E-state index contributed by atoms with van der Waals surface area (Å²) in [6.45, 7) is 0. The van der Waals surface area contributed by atoms with Crippen LogP contribution in [0.4, 0.5) is 0 Å². The van der Waals surface area contributed by atoms with Gasteiger partial charge in [0.05, 0.1) is 16.7 Å². The van der Waals surface area contributed by atoms with Gasteiger partial charge in [0.2, 0.25) is 5.91 Å². The Hall–Kier alpha value is -4.84. The van der Waals surface area contributed by atoms with E-state index in [1.165, 1.54) is 0 Å². The number of nitrogens with zero attached hydrogens (tertiary/aromatic N) is 2. The number of rotatable bonds is 8. The summed E-state index contributed by atoms with van der Waals surface area (Å²) in [6.07, 6.45) is 1.55. The van der Waals surface area contributed by atoms with Crippen LogP contribution in [-0.2, 0) is 21.4 Å². The quantitative estimate of drug-likeness (QED) is 0.308. The van der Waals surface area contributed by atoms with E-state index in [4.69, 9.17) is 0 Å². The number of amides is 1. The van der Waals surface area contributed by atoms with E-state index in [9.17, 15) is 14.7 Å². The fraction of sp³-hybridized carbons (Fsp3) is 0.0968. The van der Waals surface area contributed by atoms with Gasteiger partial charge in [0.25, 0.3) is 0 Å². The van der Waals surface area contributed by atoms with Gasteiger partial charge in [-0.05, 0) is 28.8 Å². The molecule has 6 heteroatoms. The van der Waals surface area contributed by atoms with Crippen molar-refractivity contribution >= 4 is 22.9 Å². The lowest BCUT2D eigenvalue weighted by molar-refractivity contribution is -0.142. The molecule has 0 aliphatic rings. The molecular weight excluding hydrogens is 462 g/mol. The molecule has 1 heterocycles. The average Bonchev–Trinajstić information content (AvgIpc) is 2.95. The first-order chi connectivity index (χ1) is 18.1. The van der Waals surface area contributed by atoms with Gasteiger partial charge in [-0.3, -0.25) is 9.78 Å². The average molecular weight is 488 g/mol. The highest BCUT2D eigenvalue weighted by molar-refractivity contribution is 5.98. The summed E-state index contributed by atoms with van der Waals surface area (Å²) >= 11 is 0. The molecule has 1 atom stereocenters. The van der Waals surface area contributed by atoms with Crippen LogP contribution in [0.2, 0.25) is 0 Å². The summed E-state index contributed by atoms with van der Waals surface area (Å²) in [6, 6.07) is 34.5. The Morgan fingerprint density at radius 3 is 1.65 bits per heavy atom. The first-order valence-corrected chi connectivity index (χ1v) is 12.0. The third kappa shape index (κ3) is 4.69. The van der Waals surface area contributed by atoms with Crippen molar-refractivity contribution in [1.29, 1.82) is 0 Å². The van der Waals surface area contributed by atoms with Crippen molar-refractivity contribution in [3.8, 4) is 0 Å². The Morgan fingerprint density at radius 1 is 0.703 bits per heavy atom. The largest absolute Gasteiger partial charge is 0.480 e. The van der Waals surface area contributed by atoms with Gasteiger partial charge >= 0.3 is 5.97 Å². The molecule has 0 saturated heterocycles. The lowest BCUT2D eigenvalue weighted by atomic mass is 9.68. The molecule has 4 aromatic carbocycles. The van der Waals surface area contributed by atoms with Crippen molar-refractivity contribution in [1.82, 2.24) is 15.3 Å². The number of benzene rings is 4. The first-order valence-electron chi connectivity index (χ1n) is 12.0. The molecule has 5 aromatic rings. The summed E-state index contributed by atoms with van der Waals surface area (Å²) in [5, 5.41) is 13.0. The van der Waals surface area contributed by atoms with Crippen LogP contribution in [0.25, 0.3) is 11.0 Å². The highest BCUT2D eigenvalue weighted by atomic mass is 16.4. The fourth-order valence-corrected chi connectivity index (χ4v) is 4.73. The maximum absolute atomic E-state index is 14.4. The van der Waals surface area contributed by atoms with Crippen molar-refractivity contribution in [3.63, 3.8) is 0 Å². The molecule has 0 bridgehead atoms. The molecule has 1 aromatic heterocycles. The number of hydrogen-bond donors (Lipinski definition) is 2. The molecule has 0 unspecified atom stereocenters. The van der Waals surface area contributed by atoms with Crippen LogP contribution in [0, 0.1) is 0 Å². The van der Waals surface area contributed by atoms with E-state index in [1.54, 1.807) is 6.20 Å². The minimum absolute atomic E-state index is 0.00659. The Bertz CT molecular complexity index is 1430. The number of fused-ring (bicyclic) bond motifs is 1. The SMILES string of the molecule is O=C(O)[C@@H](Cc1cnc2ccccc2n1)NC(=O)C(c1ccccc1)(c1ccccc1)c1ccccc1. The van der Waals surface area contributed by atoms with Crippen LogP contribution in [0.1, 0.15) is 22.4 Å². The molecule has 6 nitrogen and oxygen atoms in total. The van der Waals surface area contributed by atoms with E-state index in [-0.39, 0.29) is 6.42 Å². The molecule has 0 saturated carbocycles. The fourth-order valence-electron chi connectivity index (χ4n) is 4.73. The third-order valence-electron chi connectivity index (χ3n) is 6.48. The molecule has 37 heavy (non-hydrogen) atoms. The second kappa shape index (κ2) is 10.4. The summed E-state index contributed by atoms with van der Waals surface area (Å²) in [5.41, 5.74) is 2.81. The molecule has 0 fully saturated rings. The number of carbonyl (C=O) groups excluding carboxylic acids is 1. The molecule has 0 aliphatic carbocycles. The van der Waals surface area contributed by atoms with Crippen molar-refractivity contribution in [3.05, 3.63) is 144 Å². The first kappa shape index (κ1) is 23.9. The topological polar surface area (TPSA) is 92.2 Å². The maximum atomic E-state index is 14.4.